The molecule has 0 aliphatic carbocycles. The van der Waals surface area contributed by atoms with E-state index in [1.807, 2.05) is 194 Å². The quantitative estimate of drug-likeness (QED) is 0.147. The molecule has 6 heterocycles. The van der Waals surface area contributed by atoms with Crippen molar-refractivity contribution in [2.45, 2.75) is 0 Å². The van der Waals surface area contributed by atoms with Gasteiger partial charge in [-0.05, 0) is 139 Å². The zero-order chi connectivity index (χ0) is 51.6. The Morgan fingerprint density at radius 3 is 1.04 bits per heavy atom. The third-order valence-electron chi connectivity index (χ3n) is 15.0. The molecule has 6 aromatic heterocycles. The lowest BCUT2D eigenvalue weighted by molar-refractivity contribution is 0.103. The Balaban J connectivity index is 0.780. The summed E-state index contributed by atoms with van der Waals surface area (Å²) in [4.78, 5) is 50.3. The van der Waals surface area contributed by atoms with E-state index < -0.39 is 0 Å². The summed E-state index contributed by atoms with van der Waals surface area (Å²) in [5.74, 6) is 2.44. The summed E-state index contributed by atoms with van der Waals surface area (Å²) in [5.41, 5.74) is 16.1. The highest BCUT2D eigenvalue weighted by atomic mass is 16.1. The Hall–Kier alpha value is -11.0. The van der Waals surface area contributed by atoms with Crippen molar-refractivity contribution in [1.29, 1.82) is 0 Å². The minimum absolute atomic E-state index is 0.130. The maximum Gasteiger partial charge on any atom is 0.223 e. The van der Waals surface area contributed by atoms with E-state index in [-0.39, 0.29) is 11.6 Å². The standard InChI is InChI=1S/C66H40N10O2/c77-61(41-32-35-48(36-33-41)72-64-68-49-22-4-8-26-53(49)73(64)57-30-12-13-31-58(57)74-54-27-9-5-23-50(54)69-65(72)74)44-18-14-16-42(38-44)43-17-15-19-45(39-43)62(78)46-34-37-59-60(40-46)76-56-29-11-7-25-52(56)70-66(76)71(47-20-2-1-3-21-47)63-67-51-24-6-10-28-55(51)75(59)63/h1-40H. The van der Waals surface area contributed by atoms with Gasteiger partial charge in [0.2, 0.25) is 23.1 Å². The average Bonchev–Trinajstić information content (AvgIpc) is 4.32. The van der Waals surface area contributed by atoms with Crippen molar-refractivity contribution in [3.05, 3.63) is 265 Å². The van der Waals surface area contributed by atoms with Crippen molar-refractivity contribution in [1.82, 2.24) is 46.7 Å². The summed E-state index contributed by atoms with van der Waals surface area (Å²) in [6.45, 7) is 0. The Morgan fingerprint density at radius 2 is 0.590 bits per heavy atom. The summed E-state index contributed by atoms with van der Waals surface area (Å²) >= 11 is 0. The lowest BCUT2D eigenvalue weighted by Crippen LogP contribution is -2.05. The molecule has 0 unspecified atom stereocenters. The van der Waals surface area contributed by atoms with Gasteiger partial charge in [0.05, 0.1) is 77.6 Å². The van der Waals surface area contributed by atoms with Gasteiger partial charge in [-0.1, -0.05) is 115 Å². The van der Waals surface area contributed by atoms with Crippen LogP contribution in [-0.2, 0) is 0 Å². The van der Waals surface area contributed by atoms with Gasteiger partial charge in [0.25, 0.3) is 0 Å². The number of carbonyl (C=O) groups excluding carboxylic acids is 2. The number of carbonyl (C=O) groups is 2. The van der Waals surface area contributed by atoms with Crippen molar-refractivity contribution in [2.75, 3.05) is 0 Å². The van der Waals surface area contributed by atoms with Crippen LogP contribution in [-0.4, -0.2) is 58.2 Å². The van der Waals surface area contributed by atoms with Crippen molar-refractivity contribution in [3.8, 4) is 22.5 Å². The van der Waals surface area contributed by atoms with Crippen LogP contribution in [0.3, 0.4) is 0 Å². The van der Waals surface area contributed by atoms with E-state index in [1.54, 1.807) is 0 Å². The number of hydrogen-bond acceptors (Lipinski definition) is 6. The largest absolute Gasteiger partial charge is 0.289 e. The van der Waals surface area contributed by atoms with Gasteiger partial charge in [-0.25, -0.2) is 29.1 Å². The molecule has 0 N–H and O–H groups in total. The van der Waals surface area contributed by atoms with Crippen LogP contribution >= 0.6 is 0 Å². The van der Waals surface area contributed by atoms with E-state index in [2.05, 4.69) is 75.3 Å². The van der Waals surface area contributed by atoms with Crippen LogP contribution in [0.4, 0.5) is 0 Å². The molecule has 10 aromatic carbocycles. The number of aromatic nitrogens is 10. The van der Waals surface area contributed by atoms with Gasteiger partial charge in [0, 0.05) is 22.3 Å². The zero-order valence-corrected chi connectivity index (χ0v) is 41.4. The number of para-hydroxylation sites is 11. The van der Waals surface area contributed by atoms with Crippen molar-refractivity contribution >= 4 is 101 Å². The number of fused-ring (bicyclic) bond motifs is 18. The van der Waals surface area contributed by atoms with E-state index in [4.69, 9.17) is 19.9 Å². The third-order valence-corrected chi connectivity index (χ3v) is 15.0. The lowest BCUT2D eigenvalue weighted by atomic mass is 9.95. The molecule has 0 saturated heterocycles. The number of nitrogens with zero attached hydrogens (tertiary/aromatic N) is 10. The molecule has 0 aliphatic rings. The first-order valence-corrected chi connectivity index (χ1v) is 25.7. The summed E-state index contributed by atoms with van der Waals surface area (Å²) in [7, 11) is 0. The maximum atomic E-state index is 14.9. The molecule has 0 fully saturated rings. The molecule has 0 radical (unpaired) electrons. The molecule has 0 amide bonds. The summed E-state index contributed by atoms with van der Waals surface area (Å²) in [6, 6.07) is 79.6. The molecule has 12 heteroatoms. The molecule has 16 aromatic rings. The smallest absolute Gasteiger partial charge is 0.223 e. The van der Waals surface area contributed by atoms with Crippen LogP contribution < -0.4 is 0 Å². The maximum absolute atomic E-state index is 14.9. The van der Waals surface area contributed by atoms with Crippen molar-refractivity contribution in [2.24, 2.45) is 0 Å². The molecule has 0 bridgehead atoms. The Kier molecular flexibility index (Phi) is 9.33. The van der Waals surface area contributed by atoms with E-state index >= 15 is 0 Å². The fourth-order valence-electron chi connectivity index (χ4n) is 11.5. The van der Waals surface area contributed by atoms with E-state index in [0.717, 1.165) is 88.7 Å². The topological polar surface area (TPSA) is 113 Å². The van der Waals surface area contributed by atoms with Gasteiger partial charge >= 0.3 is 0 Å². The number of benzene rings is 10. The Bertz CT molecular complexity index is 5150. The van der Waals surface area contributed by atoms with Crippen LogP contribution in [0.15, 0.2) is 243 Å². The molecule has 78 heavy (non-hydrogen) atoms. The average molecular weight is 1010 g/mol. The van der Waals surface area contributed by atoms with E-state index in [9.17, 15) is 9.59 Å². The first-order valence-electron chi connectivity index (χ1n) is 25.7. The molecule has 0 aliphatic heterocycles. The Morgan fingerprint density at radius 1 is 0.256 bits per heavy atom. The second-order valence-corrected chi connectivity index (χ2v) is 19.5. The van der Waals surface area contributed by atoms with Crippen molar-refractivity contribution < 1.29 is 9.59 Å². The molecular weight excluding hydrogens is 965 g/mol. The Labute approximate surface area is 442 Å². The molecule has 366 valence electrons. The zero-order valence-electron chi connectivity index (χ0n) is 41.4. The fraction of sp³-hybridized carbons (Fsp3) is 0. The summed E-state index contributed by atoms with van der Waals surface area (Å²) in [6.07, 6.45) is 0. The predicted octanol–water partition coefficient (Wildman–Crippen LogP) is 14.0. The lowest BCUT2D eigenvalue weighted by Gasteiger charge is -2.10. The molecule has 0 atom stereocenters. The van der Waals surface area contributed by atoms with E-state index in [0.29, 0.717) is 45.4 Å². The van der Waals surface area contributed by atoms with Gasteiger partial charge in [-0.2, -0.15) is 0 Å². The van der Waals surface area contributed by atoms with Crippen molar-refractivity contribution in [3.63, 3.8) is 0 Å². The van der Waals surface area contributed by atoms with Crippen LogP contribution in [0.2, 0.25) is 0 Å². The molecule has 16 rings (SSSR count). The predicted molar refractivity (Wildman–Crippen MR) is 308 cm³/mol. The number of rotatable bonds is 7. The highest BCUT2D eigenvalue weighted by Crippen LogP contribution is 2.33. The minimum atomic E-state index is -0.141. The monoisotopic (exact) mass is 1000 g/mol. The first kappa shape index (κ1) is 43.4. The van der Waals surface area contributed by atoms with Crippen LogP contribution in [0.1, 0.15) is 31.8 Å². The normalized spacial score (nSPS) is 11.9. The second kappa shape index (κ2) is 16.8. The summed E-state index contributed by atoms with van der Waals surface area (Å²) < 4.78 is 12.8. The minimum Gasteiger partial charge on any atom is -0.289 e. The number of ketones is 2. The molecular formula is C66H40N10O2. The van der Waals surface area contributed by atoms with Gasteiger partial charge in [0.15, 0.2) is 11.6 Å². The first-order chi connectivity index (χ1) is 38.5. The third kappa shape index (κ3) is 6.47. The second-order valence-electron chi connectivity index (χ2n) is 19.5. The molecule has 0 saturated carbocycles. The fourth-order valence-corrected chi connectivity index (χ4v) is 11.5. The SMILES string of the molecule is O=C(c1ccc(-n2c3nc4ccccc4n3c3ccccc3n3c4ccccc4nc23)cc1)c1cccc(-c2cccc(C(=O)c3ccc4c(c3)n3c5ccccc5nc3n(-c3ccccc3)c3nc5ccccc5n43)c2)c1. The molecule has 12 nitrogen and oxygen atoms in total. The van der Waals surface area contributed by atoms with E-state index in [1.165, 1.54) is 0 Å². The number of imidazole rings is 4. The van der Waals surface area contributed by atoms with Crippen LogP contribution in [0, 0.1) is 0 Å². The van der Waals surface area contributed by atoms with Crippen LogP contribution in [0.25, 0.3) is 112 Å². The van der Waals surface area contributed by atoms with Gasteiger partial charge in [-0.3, -0.25) is 27.2 Å². The van der Waals surface area contributed by atoms with Gasteiger partial charge in [-0.15, -0.1) is 0 Å². The molecule has 0 spiro atoms. The van der Waals surface area contributed by atoms with Gasteiger partial charge < -0.3 is 0 Å². The summed E-state index contributed by atoms with van der Waals surface area (Å²) in [5, 5.41) is 0. The highest BCUT2D eigenvalue weighted by Gasteiger charge is 2.23. The number of hydrogen-bond donors (Lipinski definition) is 0. The van der Waals surface area contributed by atoms with Crippen LogP contribution in [0.5, 0.6) is 0 Å². The highest BCUT2D eigenvalue weighted by molar-refractivity contribution is 6.12. The van der Waals surface area contributed by atoms with Gasteiger partial charge in [0.1, 0.15) is 0 Å².